The van der Waals surface area contributed by atoms with Crippen LogP contribution in [0.25, 0.3) is 0 Å². The molecule has 0 radical (unpaired) electrons. The number of Topliss-reactive ketones (excluding diaryl/α,β-unsaturated/α-hetero) is 1. The lowest BCUT2D eigenvalue weighted by Crippen LogP contribution is -2.41. The number of rotatable bonds is 19. The lowest BCUT2D eigenvalue weighted by atomic mass is 10.2. The first-order chi connectivity index (χ1) is 20.8. The molecule has 0 fully saturated rings. The van der Waals surface area contributed by atoms with Crippen molar-refractivity contribution < 1.29 is 68.4 Å². The van der Waals surface area contributed by atoms with Crippen LogP contribution >= 0.6 is 35.3 Å². The van der Waals surface area contributed by atoms with E-state index in [0.717, 1.165) is 23.5 Å². The number of ketones is 1. The second-order valence-electron chi connectivity index (χ2n) is 8.60. The Morgan fingerprint density at radius 2 is 1.04 bits per heavy atom. The number of carbonyl (C=O) groups excluding carboxylic acids is 6. The summed E-state index contributed by atoms with van der Waals surface area (Å²) in [5, 5.41) is 37.7. The van der Waals surface area contributed by atoms with E-state index in [4.69, 9.17) is 26.2 Å². The molecule has 2 atom stereocenters. The van der Waals surface area contributed by atoms with Crippen molar-refractivity contribution in [3.8, 4) is 0 Å². The highest BCUT2D eigenvalue weighted by Gasteiger charge is 2.20. The molecule has 45 heavy (non-hydrogen) atoms. The number of hydrogen-bond donors (Lipinski definition) is 7. The standard InChI is InChI=1S/C9H13NO6S.2C8H13NO4S/c1-5(11)10-6(9(15)16)4-17-8(14)3-2-7(12)13;1-6(10)9-4-5-14-8(13)3-2-7(11)12;1-5(10)2-3-7(11)14-4-6(9)8(12)13/h6H,2-4H2,1H3,(H,10,11)(H,12,13)(H,15,16);2-5H2,1H3,(H,9,10)(H,11,12);6H,2-4,9H2,1H3,(H,12,13). The van der Waals surface area contributed by atoms with Crippen LogP contribution in [0.4, 0.5) is 0 Å². The van der Waals surface area contributed by atoms with E-state index < -0.39 is 47.0 Å². The van der Waals surface area contributed by atoms with Gasteiger partial charge in [-0.1, -0.05) is 35.3 Å². The number of thioether (sulfide) groups is 3. The Hall–Kier alpha value is -3.49. The minimum absolute atomic E-state index is 0.0417. The van der Waals surface area contributed by atoms with Crippen molar-refractivity contribution in [3.63, 3.8) is 0 Å². The monoisotopic (exact) mass is 701 g/mol. The maximum absolute atomic E-state index is 11.2. The molecular weight excluding hydrogens is 662 g/mol. The second kappa shape index (κ2) is 28.0. The molecule has 2 unspecified atom stereocenters. The van der Waals surface area contributed by atoms with E-state index in [1.165, 1.54) is 20.8 Å². The molecule has 0 aliphatic rings. The number of carboxylic acid groups (broad SMARTS) is 4. The quantitative estimate of drug-likeness (QED) is 0.0870. The van der Waals surface area contributed by atoms with Gasteiger partial charge in [-0.3, -0.25) is 38.4 Å². The van der Waals surface area contributed by atoms with Gasteiger partial charge < -0.3 is 41.6 Å². The number of amides is 2. The molecule has 0 saturated carbocycles. The Kier molecular flexibility index (Phi) is 28.6. The number of nitrogens with one attached hydrogen (secondary N) is 2. The SMILES string of the molecule is CC(=O)CCC(=O)SCC(N)C(=O)O.CC(=O)NC(CSC(=O)CCC(=O)O)C(=O)O.CC(=O)NCCSC(=O)CCC(=O)O. The summed E-state index contributed by atoms with van der Waals surface area (Å²) in [5.74, 6) is -4.70. The molecule has 0 rings (SSSR count). The first-order valence-corrected chi connectivity index (χ1v) is 15.9. The molecule has 0 spiro atoms. The van der Waals surface area contributed by atoms with Crippen molar-refractivity contribution in [1.29, 1.82) is 0 Å². The Morgan fingerprint density at radius 1 is 0.600 bits per heavy atom. The highest BCUT2D eigenvalue weighted by Crippen LogP contribution is 2.10. The lowest BCUT2D eigenvalue weighted by Gasteiger charge is -2.11. The van der Waals surface area contributed by atoms with Crippen LogP contribution in [0.3, 0.4) is 0 Å². The normalized spacial score (nSPS) is 11.1. The van der Waals surface area contributed by atoms with E-state index in [1.54, 1.807) is 0 Å². The van der Waals surface area contributed by atoms with E-state index in [1.807, 2.05) is 0 Å². The second-order valence-corrected chi connectivity index (χ2v) is 11.9. The van der Waals surface area contributed by atoms with E-state index >= 15 is 0 Å². The largest absolute Gasteiger partial charge is 0.481 e. The Labute approximate surface area is 271 Å². The number of nitrogens with two attached hydrogens (primary N) is 1. The minimum Gasteiger partial charge on any atom is -0.481 e. The van der Waals surface area contributed by atoms with Crippen molar-refractivity contribution in [2.75, 3.05) is 23.8 Å². The van der Waals surface area contributed by atoms with E-state index in [-0.39, 0.29) is 72.0 Å². The summed E-state index contributed by atoms with van der Waals surface area (Å²) in [6.07, 6.45) is -0.192. The summed E-state index contributed by atoms with van der Waals surface area (Å²) in [5.41, 5.74) is 5.18. The molecule has 0 aliphatic carbocycles. The van der Waals surface area contributed by atoms with Crippen LogP contribution in [0.15, 0.2) is 0 Å². The first kappa shape index (κ1) is 45.9. The fourth-order valence-electron chi connectivity index (χ4n) is 2.15. The van der Waals surface area contributed by atoms with Crippen molar-refractivity contribution >= 4 is 92.1 Å². The van der Waals surface area contributed by atoms with Gasteiger partial charge in [0.2, 0.25) is 11.8 Å². The van der Waals surface area contributed by atoms with Gasteiger partial charge in [-0.2, -0.15) is 0 Å². The maximum Gasteiger partial charge on any atom is 0.327 e. The van der Waals surface area contributed by atoms with Crippen LogP contribution in [0.1, 0.15) is 59.3 Å². The number of carboxylic acids is 4. The molecule has 0 heterocycles. The highest BCUT2D eigenvalue weighted by molar-refractivity contribution is 8.14. The van der Waals surface area contributed by atoms with Gasteiger partial charge in [-0.05, 0) is 6.92 Å². The third-order valence-corrected chi connectivity index (χ3v) is 7.35. The smallest absolute Gasteiger partial charge is 0.327 e. The van der Waals surface area contributed by atoms with Crippen LogP contribution in [0.2, 0.25) is 0 Å². The molecule has 0 aromatic carbocycles. The molecule has 2 amide bonds. The third-order valence-electron chi connectivity index (χ3n) is 4.33. The van der Waals surface area contributed by atoms with Crippen LogP contribution in [0.5, 0.6) is 0 Å². The fraction of sp³-hybridized carbons (Fsp3) is 0.600. The molecule has 0 saturated heterocycles. The highest BCUT2D eigenvalue weighted by atomic mass is 32.2. The van der Waals surface area contributed by atoms with Gasteiger partial charge in [-0.25, -0.2) is 4.79 Å². The van der Waals surface area contributed by atoms with Gasteiger partial charge in [0.1, 0.15) is 17.9 Å². The predicted molar refractivity (Wildman–Crippen MR) is 166 cm³/mol. The summed E-state index contributed by atoms with van der Waals surface area (Å²) in [6.45, 7) is 4.41. The van der Waals surface area contributed by atoms with E-state index in [2.05, 4.69) is 10.6 Å². The van der Waals surface area contributed by atoms with Gasteiger partial charge in [0.05, 0.1) is 12.8 Å². The zero-order valence-electron chi connectivity index (χ0n) is 24.9. The Morgan fingerprint density at radius 3 is 1.42 bits per heavy atom. The summed E-state index contributed by atoms with van der Waals surface area (Å²) >= 11 is 2.60. The number of carbonyl (C=O) groups is 10. The van der Waals surface area contributed by atoms with Gasteiger partial charge in [0.25, 0.3) is 0 Å². The average molecular weight is 702 g/mol. The van der Waals surface area contributed by atoms with Gasteiger partial charge in [-0.15, -0.1) is 0 Å². The van der Waals surface area contributed by atoms with E-state index in [9.17, 15) is 47.9 Å². The summed E-state index contributed by atoms with van der Waals surface area (Å²) in [6, 6.07) is -2.17. The van der Waals surface area contributed by atoms with Gasteiger partial charge >= 0.3 is 23.9 Å². The zero-order chi connectivity index (χ0) is 35.5. The maximum atomic E-state index is 11.2. The third kappa shape index (κ3) is 36.6. The number of hydrogen-bond acceptors (Lipinski definition) is 14. The lowest BCUT2D eigenvalue weighted by molar-refractivity contribution is -0.141. The van der Waals surface area contributed by atoms with Crippen molar-refractivity contribution in [1.82, 2.24) is 10.6 Å². The molecule has 17 nitrogen and oxygen atoms in total. The topological polar surface area (TPSA) is 302 Å². The first-order valence-electron chi connectivity index (χ1n) is 12.9. The van der Waals surface area contributed by atoms with Crippen molar-refractivity contribution in [2.24, 2.45) is 5.73 Å². The van der Waals surface area contributed by atoms with Gasteiger partial charge in [0.15, 0.2) is 15.3 Å². The summed E-state index contributed by atoms with van der Waals surface area (Å²) in [4.78, 5) is 106. The fourth-order valence-corrected chi connectivity index (χ4v) is 4.41. The van der Waals surface area contributed by atoms with Crippen LogP contribution in [-0.4, -0.2) is 113 Å². The zero-order valence-corrected chi connectivity index (χ0v) is 27.3. The Balaban J connectivity index is -0.000000592. The summed E-state index contributed by atoms with van der Waals surface area (Å²) < 4.78 is 0. The van der Waals surface area contributed by atoms with Crippen LogP contribution in [0, 0.1) is 0 Å². The van der Waals surface area contributed by atoms with Crippen LogP contribution < -0.4 is 16.4 Å². The van der Waals surface area contributed by atoms with Crippen molar-refractivity contribution in [3.05, 3.63) is 0 Å². The number of aliphatic carboxylic acids is 4. The molecule has 0 bridgehead atoms. The van der Waals surface area contributed by atoms with Crippen LogP contribution in [-0.2, 0) is 47.9 Å². The summed E-state index contributed by atoms with van der Waals surface area (Å²) in [7, 11) is 0. The minimum atomic E-state index is -1.24. The molecule has 0 aromatic heterocycles. The van der Waals surface area contributed by atoms with Gasteiger partial charge in [0, 0.05) is 63.3 Å². The molecule has 256 valence electrons. The molecular formula is C25H39N3O14S3. The Bertz CT molecular complexity index is 1060. The average Bonchev–Trinajstić information content (AvgIpc) is 2.92. The molecule has 0 aliphatic heterocycles. The predicted octanol–water partition coefficient (Wildman–Crippen LogP) is -0.0253. The molecule has 0 aromatic rings. The van der Waals surface area contributed by atoms with E-state index in [0.29, 0.717) is 24.1 Å². The molecule has 8 N–H and O–H groups in total. The molecule has 20 heteroatoms. The van der Waals surface area contributed by atoms with Crippen molar-refractivity contribution in [2.45, 2.75) is 71.4 Å².